The Bertz CT molecular complexity index is 912. The Kier molecular flexibility index (Phi) is 5.09. The second kappa shape index (κ2) is 7.82. The van der Waals surface area contributed by atoms with Crippen LogP contribution >= 0.6 is 11.3 Å². The third-order valence-electron chi connectivity index (χ3n) is 4.54. The number of hydrogen-bond acceptors (Lipinski definition) is 4. The van der Waals surface area contributed by atoms with E-state index in [1.165, 1.54) is 10.4 Å². The van der Waals surface area contributed by atoms with E-state index in [0.29, 0.717) is 17.2 Å². The standard InChI is InChI=1S/C21H20N2O3S/c1-14(21(24)23-16-9-10-17-18(12-16)26-13-25-17)22-20(19-8-5-11-27-19)15-6-3-2-4-7-15/h2-12,14,20,22H,13H2,1H3,(H,23,24)/p+1/t14-,20-/m1/s1. The van der Waals surface area contributed by atoms with Gasteiger partial charge in [-0.1, -0.05) is 36.4 Å². The topological polar surface area (TPSA) is 64.2 Å². The fourth-order valence-corrected chi connectivity index (χ4v) is 3.94. The van der Waals surface area contributed by atoms with Crippen LogP contribution in [-0.2, 0) is 4.79 Å². The van der Waals surface area contributed by atoms with Crippen LogP contribution in [0.1, 0.15) is 23.4 Å². The highest BCUT2D eigenvalue weighted by atomic mass is 32.1. The van der Waals surface area contributed by atoms with Gasteiger partial charge in [0.2, 0.25) is 6.79 Å². The minimum atomic E-state index is -0.261. The van der Waals surface area contributed by atoms with Gasteiger partial charge in [0, 0.05) is 17.3 Å². The number of carbonyl (C=O) groups is 1. The predicted molar refractivity (Wildman–Crippen MR) is 105 cm³/mol. The summed E-state index contributed by atoms with van der Waals surface area (Å²) < 4.78 is 10.7. The van der Waals surface area contributed by atoms with Crippen LogP contribution in [0.4, 0.5) is 5.69 Å². The normalized spacial score (nSPS) is 14.6. The molecular weight excluding hydrogens is 360 g/mol. The number of benzene rings is 2. The number of quaternary nitrogens is 1. The van der Waals surface area contributed by atoms with Gasteiger partial charge in [0.05, 0.1) is 4.88 Å². The third kappa shape index (κ3) is 3.97. The van der Waals surface area contributed by atoms with E-state index < -0.39 is 0 Å². The van der Waals surface area contributed by atoms with Crippen LogP contribution in [0.2, 0.25) is 0 Å². The second-order valence-electron chi connectivity index (χ2n) is 6.44. The van der Waals surface area contributed by atoms with Crippen molar-refractivity contribution in [1.29, 1.82) is 0 Å². The lowest BCUT2D eigenvalue weighted by molar-refractivity contribution is -0.703. The van der Waals surface area contributed by atoms with Crippen molar-refractivity contribution in [1.82, 2.24) is 0 Å². The maximum absolute atomic E-state index is 12.7. The van der Waals surface area contributed by atoms with Crippen molar-refractivity contribution in [3.05, 3.63) is 76.5 Å². The second-order valence-corrected chi connectivity index (χ2v) is 7.42. The van der Waals surface area contributed by atoms with Gasteiger partial charge >= 0.3 is 0 Å². The molecule has 3 aromatic rings. The van der Waals surface area contributed by atoms with Crippen LogP contribution in [-0.4, -0.2) is 18.7 Å². The molecule has 1 aliphatic rings. The molecule has 27 heavy (non-hydrogen) atoms. The number of carbonyl (C=O) groups excluding carboxylic acids is 1. The van der Waals surface area contributed by atoms with E-state index in [1.54, 1.807) is 17.4 Å². The number of rotatable bonds is 6. The summed E-state index contributed by atoms with van der Waals surface area (Å²) in [6.45, 7) is 2.14. The van der Waals surface area contributed by atoms with Crippen molar-refractivity contribution in [2.24, 2.45) is 0 Å². The fraction of sp³-hybridized carbons (Fsp3) is 0.190. The molecule has 6 heteroatoms. The number of anilines is 1. The number of hydrogen-bond donors (Lipinski definition) is 2. The summed E-state index contributed by atoms with van der Waals surface area (Å²) in [5, 5.41) is 7.14. The van der Waals surface area contributed by atoms with Gasteiger partial charge in [0.1, 0.15) is 6.04 Å². The van der Waals surface area contributed by atoms with Crippen molar-refractivity contribution in [3.63, 3.8) is 0 Å². The van der Waals surface area contributed by atoms with Gasteiger partial charge in [-0.3, -0.25) is 4.79 Å². The molecule has 138 valence electrons. The molecule has 0 spiro atoms. The van der Waals surface area contributed by atoms with E-state index in [4.69, 9.17) is 9.47 Å². The molecule has 1 aliphatic heterocycles. The third-order valence-corrected chi connectivity index (χ3v) is 5.50. The molecule has 2 atom stereocenters. The van der Waals surface area contributed by atoms with Gasteiger partial charge in [-0.05, 0) is 30.5 Å². The lowest BCUT2D eigenvalue weighted by atomic mass is 10.0. The van der Waals surface area contributed by atoms with Crippen LogP contribution in [0.3, 0.4) is 0 Å². The van der Waals surface area contributed by atoms with Gasteiger partial charge in [-0.2, -0.15) is 0 Å². The molecule has 0 bridgehead atoms. The first-order chi connectivity index (χ1) is 13.2. The molecule has 0 saturated heterocycles. The van der Waals surface area contributed by atoms with Crippen LogP contribution < -0.4 is 20.1 Å². The van der Waals surface area contributed by atoms with Crippen molar-refractivity contribution in [2.45, 2.75) is 19.0 Å². The van der Waals surface area contributed by atoms with E-state index in [9.17, 15) is 4.79 Å². The smallest absolute Gasteiger partial charge is 0.282 e. The molecule has 1 amide bonds. The summed E-state index contributed by atoms with van der Waals surface area (Å²) in [7, 11) is 0. The van der Waals surface area contributed by atoms with Gasteiger partial charge in [-0.25, -0.2) is 0 Å². The van der Waals surface area contributed by atoms with E-state index in [0.717, 1.165) is 0 Å². The molecule has 0 saturated carbocycles. The average molecular weight is 381 g/mol. The fourth-order valence-electron chi connectivity index (χ4n) is 3.11. The Morgan fingerprint density at radius 3 is 2.67 bits per heavy atom. The Labute approximate surface area is 161 Å². The highest BCUT2D eigenvalue weighted by molar-refractivity contribution is 7.10. The first kappa shape index (κ1) is 17.6. The van der Waals surface area contributed by atoms with Crippen molar-refractivity contribution in [3.8, 4) is 11.5 Å². The number of amides is 1. The number of fused-ring (bicyclic) bond motifs is 1. The Morgan fingerprint density at radius 2 is 1.89 bits per heavy atom. The van der Waals surface area contributed by atoms with Gasteiger partial charge < -0.3 is 20.1 Å². The van der Waals surface area contributed by atoms with Gasteiger partial charge in [0.25, 0.3) is 5.91 Å². The van der Waals surface area contributed by atoms with E-state index in [1.807, 2.05) is 43.3 Å². The van der Waals surface area contributed by atoms with Crippen LogP contribution in [0.25, 0.3) is 0 Å². The van der Waals surface area contributed by atoms with Crippen molar-refractivity contribution < 1.29 is 19.6 Å². The Hall–Kier alpha value is -2.83. The zero-order valence-electron chi connectivity index (χ0n) is 14.9. The maximum atomic E-state index is 12.7. The number of nitrogens with one attached hydrogen (secondary N) is 1. The first-order valence-corrected chi connectivity index (χ1v) is 9.72. The molecule has 0 aliphatic carbocycles. The molecule has 5 nitrogen and oxygen atoms in total. The van der Waals surface area contributed by atoms with E-state index >= 15 is 0 Å². The summed E-state index contributed by atoms with van der Waals surface area (Å²) in [5.41, 5.74) is 1.89. The Morgan fingerprint density at radius 1 is 1.07 bits per heavy atom. The summed E-state index contributed by atoms with van der Waals surface area (Å²) in [6, 6.07) is 19.7. The predicted octanol–water partition coefficient (Wildman–Crippen LogP) is 3.16. The Balaban J connectivity index is 1.47. The van der Waals surface area contributed by atoms with Gasteiger partial charge in [0.15, 0.2) is 17.5 Å². The zero-order valence-corrected chi connectivity index (χ0v) is 15.7. The molecule has 0 radical (unpaired) electrons. The monoisotopic (exact) mass is 381 g/mol. The summed E-state index contributed by atoms with van der Waals surface area (Å²) >= 11 is 1.70. The minimum absolute atomic E-state index is 0.0497. The molecule has 0 unspecified atom stereocenters. The number of ether oxygens (including phenoxy) is 2. The highest BCUT2D eigenvalue weighted by Gasteiger charge is 2.26. The molecule has 3 N–H and O–H groups in total. The molecule has 1 aromatic heterocycles. The lowest BCUT2D eigenvalue weighted by Crippen LogP contribution is -2.92. The largest absolute Gasteiger partial charge is 0.454 e. The summed E-state index contributed by atoms with van der Waals surface area (Å²) in [5.74, 6) is 1.31. The molecule has 0 fully saturated rings. The SMILES string of the molecule is C[C@@H]([NH2+][C@H](c1ccccc1)c1cccs1)C(=O)Nc1ccc2c(c1)OCO2. The average Bonchev–Trinajstić information content (AvgIpc) is 3.38. The van der Waals surface area contributed by atoms with Gasteiger partial charge in [-0.15, -0.1) is 11.3 Å². The zero-order chi connectivity index (χ0) is 18.6. The highest BCUT2D eigenvalue weighted by Crippen LogP contribution is 2.34. The van der Waals surface area contributed by atoms with Crippen LogP contribution in [0.15, 0.2) is 66.0 Å². The van der Waals surface area contributed by atoms with Crippen LogP contribution in [0.5, 0.6) is 11.5 Å². The van der Waals surface area contributed by atoms with Crippen LogP contribution in [0, 0.1) is 0 Å². The number of nitrogens with two attached hydrogens (primary N) is 1. The van der Waals surface area contributed by atoms with E-state index in [2.05, 4.69) is 34.2 Å². The first-order valence-electron chi connectivity index (χ1n) is 8.84. The maximum Gasteiger partial charge on any atom is 0.282 e. The number of thiophene rings is 1. The minimum Gasteiger partial charge on any atom is -0.454 e. The molecule has 4 rings (SSSR count). The van der Waals surface area contributed by atoms with Crippen molar-refractivity contribution in [2.75, 3.05) is 12.1 Å². The molecule has 2 heterocycles. The van der Waals surface area contributed by atoms with E-state index in [-0.39, 0.29) is 24.8 Å². The lowest BCUT2D eigenvalue weighted by Gasteiger charge is -2.19. The van der Waals surface area contributed by atoms with Crippen molar-refractivity contribution >= 4 is 22.9 Å². The molecule has 2 aromatic carbocycles. The quantitative estimate of drug-likeness (QED) is 0.689. The molecular formula is C21H21N2O3S+. The summed E-state index contributed by atoms with van der Waals surface area (Å²) in [6.07, 6.45) is 0. The summed E-state index contributed by atoms with van der Waals surface area (Å²) in [4.78, 5) is 14.0.